The zero-order valence-electron chi connectivity index (χ0n) is 9.56. The molecule has 1 fully saturated rings. The number of nitrogens with zero attached hydrogens (tertiary/aromatic N) is 4. The molecule has 94 valence electrons. The molecular weight excluding hydrogens is 242 g/mol. The predicted molar refractivity (Wildman–Crippen MR) is 66.5 cm³/mol. The monoisotopic (exact) mass is 257 g/mol. The van der Waals surface area contributed by atoms with Gasteiger partial charge in [-0.15, -0.1) is 0 Å². The van der Waals surface area contributed by atoms with Crippen LogP contribution in [-0.2, 0) is 0 Å². The summed E-state index contributed by atoms with van der Waals surface area (Å²) in [4.78, 5) is 14.5. The van der Waals surface area contributed by atoms with Crippen molar-refractivity contribution < 1.29 is 5.11 Å². The van der Waals surface area contributed by atoms with Crippen LogP contribution in [0.5, 0.6) is 0 Å². The number of hydrogen-bond acceptors (Lipinski definition) is 6. The highest BCUT2D eigenvalue weighted by Gasteiger charge is 2.15. The van der Waals surface area contributed by atoms with Gasteiger partial charge in [0.1, 0.15) is 0 Å². The Kier molecular flexibility index (Phi) is 4.33. The van der Waals surface area contributed by atoms with Crippen LogP contribution in [0.2, 0.25) is 5.28 Å². The summed E-state index contributed by atoms with van der Waals surface area (Å²) in [6, 6.07) is 0. The average Bonchev–Trinajstić information content (AvgIpc) is 2.37. The van der Waals surface area contributed by atoms with Gasteiger partial charge in [0.2, 0.25) is 17.2 Å². The van der Waals surface area contributed by atoms with Gasteiger partial charge < -0.3 is 15.3 Å². The number of nitrogens with one attached hydrogen (secondary N) is 1. The fourth-order valence-electron chi connectivity index (χ4n) is 1.82. The van der Waals surface area contributed by atoms with Crippen LogP contribution in [0.4, 0.5) is 11.9 Å². The molecule has 0 saturated carbocycles. The SMILES string of the molecule is OCCNc1nc(Cl)nc(N2CCCCC2)n1. The van der Waals surface area contributed by atoms with E-state index in [1.807, 2.05) is 0 Å². The lowest BCUT2D eigenvalue weighted by Crippen LogP contribution is -2.31. The second-order valence-corrected chi connectivity index (χ2v) is 4.26. The Morgan fingerprint density at radius 1 is 1.18 bits per heavy atom. The van der Waals surface area contributed by atoms with Crippen molar-refractivity contribution in [2.45, 2.75) is 19.3 Å². The average molecular weight is 258 g/mol. The van der Waals surface area contributed by atoms with Crippen molar-refractivity contribution in [1.29, 1.82) is 0 Å². The first-order valence-corrected chi connectivity index (χ1v) is 6.18. The third-order valence-electron chi connectivity index (χ3n) is 2.63. The summed E-state index contributed by atoms with van der Waals surface area (Å²) in [5.74, 6) is 1.03. The summed E-state index contributed by atoms with van der Waals surface area (Å²) in [7, 11) is 0. The van der Waals surface area contributed by atoms with E-state index in [9.17, 15) is 0 Å². The lowest BCUT2D eigenvalue weighted by molar-refractivity contribution is 0.311. The lowest BCUT2D eigenvalue weighted by Gasteiger charge is -2.26. The van der Waals surface area contributed by atoms with Crippen molar-refractivity contribution in [3.63, 3.8) is 0 Å². The van der Waals surface area contributed by atoms with Crippen molar-refractivity contribution >= 4 is 23.5 Å². The second-order valence-electron chi connectivity index (χ2n) is 3.93. The maximum Gasteiger partial charge on any atom is 0.231 e. The molecule has 2 rings (SSSR count). The maximum absolute atomic E-state index is 8.74. The van der Waals surface area contributed by atoms with Crippen LogP contribution in [0, 0.1) is 0 Å². The predicted octanol–water partition coefficient (Wildman–Crippen LogP) is 0.919. The molecule has 1 aliphatic rings. The number of aliphatic hydroxyl groups excluding tert-OH is 1. The topological polar surface area (TPSA) is 74.2 Å². The number of aromatic nitrogens is 3. The van der Waals surface area contributed by atoms with Crippen molar-refractivity contribution in [2.24, 2.45) is 0 Å². The van der Waals surface area contributed by atoms with E-state index in [4.69, 9.17) is 16.7 Å². The number of hydrogen-bond donors (Lipinski definition) is 2. The van der Waals surface area contributed by atoms with Crippen LogP contribution in [-0.4, -0.2) is 46.3 Å². The third-order valence-corrected chi connectivity index (χ3v) is 2.80. The summed E-state index contributed by atoms with van der Waals surface area (Å²) in [6.07, 6.45) is 3.57. The largest absolute Gasteiger partial charge is 0.395 e. The lowest BCUT2D eigenvalue weighted by atomic mass is 10.1. The fourth-order valence-corrected chi connectivity index (χ4v) is 1.98. The molecule has 0 spiro atoms. The Balaban J connectivity index is 2.12. The van der Waals surface area contributed by atoms with Crippen molar-refractivity contribution in [1.82, 2.24) is 15.0 Å². The molecule has 1 saturated heterocycles. The first-order valence-electron chi connectivity index (χ1n) is 5.81. The van der Waals surface area contributed by atoms with E-state index >= 15 is 0 Å². The molecule has 6 nitrogen and oxygen atoms in total. The highest BCUT2D eigenvalue weighted by molar-refractivity contribution is 6.28. The summed E-state index contributed by atoms with van der Waals surface area (Å²) in [6.45, 7) is 2.35. The summed E-state index contributed by atoms with van der Waals surface area (Å²) in [5.41, 5.74) is 0. The zero-order chi connectivity index (χ0) is 12.1. The highest BCUT2D eigenvalue weighted by atomic mass is 35.5. The molecule has 0 aliphatic carbocycles. The van der Waals surface area contributed by atoms with E-state index in [1.165, 1.54) is 6.42 Å². The van der Waals surface area contributed by atoms with Crippen LogP contribution in [0.3, 0.4) is 0 Å². The molecule has 7 heteroatoms. The van der Waals surface area contributed by atoms with Gasteiger partial charge in [-0.1, -0.05) is 0 Å². The van der Waals surface area contributed by atoms with E-state index in [0.29, 0.717) is 18.4 Å². The minimum Gasteiger partial charge on any atom is -0.395 e. The Labute approximate surface area is 105 Å². The van der Waals surface area contributed by atoms with Crippen molar-refractivity contribution in [3.05, 3.63) is 5.28 Å². The molecule has 1 aromatic rings. The van der Waals surface area contributed by atoms with Gasteiger partial charge in [-0.3, -0.25) is 0 Å². The second kappa shape index (κ2) is 5.97. The van der Waals surface area contributed by atoms with Crippen molar-refractivity contribution in [3.8, 4) is 0 Å². The van der Waals surface area contributed by atoms with Gasteiger partial charge >= 0.3 is 0 Å². The van der Waals surface area contributed by atoms with E-state index in [2.05, 4.69) is 25.2 Å². The normalized spacial score (nSPS) is 16.0. The molecule has 0 unspecified atom stereocenters. The van der Waals surface area contributed by atoms with E-state index < -0.39 is 0 Å². The molecule has 2 heterocycles. The Bertz CT molecular complexity index is 370. The molecule has 2 N–H and O–H groups in total. The van der Waals surface area contributed by atoms with Gasteiger partial charge in [-0.05, 0) is 30.9 Å². The first-order chi connectivity index (χ1) is 8.29. The van der Waals surface area contributed by atoms with Gasteiger partial charge in [-0.25, -0.2) is 0 Å². The summed E-state index contributed by atoms with van der Waals surface area (Å²) in [5, 5.41) is 11.8. The van der Waals surface area contributed by atoms with Gasteiger partial charge in [0.15, 0.2) is 0 Å². The van der Waals surface area contributed by atoms with Gasteiger partial charge in [0.05, 0.1) is 6.61 Å². The Morgan fingerprint density at radius 2 is 1.94 bits per heavy atom. The smallest absolute Gasteiger partial charge is 0.231 e. The van der Waals surface area contributed by atoms with Crippen LogP contribution >= 0.6 is 11.6 Å². The van der Waals surface area contributed by atoms with E-state index in [-0.39, 0.29) is 11.9 Å². The number of aliphatic hydroxyl groups is 1. The van der Waals surface area contributed by atoms with Crippen LogP contribution < -0.4 is 10.2 Å². The zero-order valence-corrected chi connectivity index (χ0v) is 10.3. The van der Waals surface area contributed by atoms with E-state index in [1.54, 1.807) is 0 Å². The number of piperidine rings is 1. The molecule has 1 aliphatic heterocycles. The van der Waals surface area contributed by atoms with Crippen LogP contribution in [0.1, 0.15) is 19.3 Å². The molecule has 0 radical (unpaired) electrons. The maximum atomic E-state index is 8.74. The molecule has 0 aromatic carbocycles. The standard InChI is InChI=1S/C10H16ClN5O/c11-8-13-9(12-4-7-17)15-10(14-8)16-5-2-1-3-6-16/h17H,1-7H2,(H,12,13,14,15). The quantitative estimate of drug-likeness (QED) is 0.836. The molecule has 0 atom stereocenters. The van der Waals surface area contributed by atoms with Gasteiger partial charge in [-0.2, -0.15) is 15.0 Å². The van der Waals surface area contributed by atoms with Crippen LogP contribution in [0.25, 0.3) is 0 Å². The molecular formula is C10H16ClN5O. The highest BCUT2D eigenvalue weighted by Crippen LogP contribution is 2.18. The Morgan fingerprint density at radius 3 is 2.65 bits per heavy atom. The minimum atomic E-state index is 0.0301. The molecule has 0 amide bonds. The van der Waals surface area contributed by atoms with Gasteiger partial charge in [0, 0.05) is 19.6 Å². The summed E-state index contributed by atoms with van der Waals surface area (Å²) >= 11 is 5.86. The third kappa shape index (κ3) is 3.41. The number of rotatable bonds is 4. The molecule has 0 bridgehead atoms. The van der Waals surface area contributed by atoms with Crippen LogP contribution in [0.15, 0.2) is 0 Å². The van der Waals surface area contributed by atoms with Gasteiger partial charge in [0.25, 0.3) is 0 Å². The van der Waals surface area contributed by atoms with E-state index in [0.717, 1.165) is 25.9 Å². The fraction of sp³-hybridized carbons (Fsp3) is 0.700. The molecule has 17 heavy (non-hydrogen) atoms. The number of halogens is 1. The number of anilines is 2. The first kappa shape index (κ1) is 12.3. The summed E-state index contributed by atoms with van der Waals surface area (Å²) < 4.78 is 0. The molecule has 1 aromatic heterocycles. The minimum absolute atomic E-state index is 0.0301. The Hall–Kier alpha value is -1.14. The van der Waals surface area contributed by atoms with Crippen molar-refractivity contribution in [2.75, 3.05) is 36.5 Å².